The molecule has 0 spiro atoms. The number of hydrogen-bond acceptors (Lipinski definition) is 3. The molecule has 0 aliphatic carbocycles. The van der Waals surface area contributed by atoms with E-state index >= 15 is 0 Å². The highest BCUT2D eigenvalue weighted by molar-refractivity contribution is 5.65. The quantitative estimate of drug-likeness (QED) is 0.612. The van der Waals surface area contributed by atoms with E-state index in [0.29, 0.717) is 6.61 Å². The van der Waals surface area contributed by atoms with E-state index in [2.05, 4.69) is 0 Å². The Morgan fingerprint density at radius 3 is 1.93 bits per heavy atom. The van der Waals surface area contributed by atoms with Crippen LogP contribution < -0.4 is 0 Å². The van der Waals surface area contributed by atoms with Gasteiger partial charge in [-0.15, -0.1) is 0 Å². The lowest BCUT2D eigenvalue weighted by molar-refractivity contribution is -0.143. The zero-order valence-electron chi connectivity index (χ0n) is 9.76. The number of rotatable bonds is 1. The van der Waals surface area contributed by atoms with Gasteiger partial charge in [-0.05, 0) is 18.3 Å². The fraction of sp³-hybridized carbons (Fsp3) is 0.909. The molecule has 1 aliphatic heterocycles. The Labute approximate surface area is 86.8 Å². The number of hydrogen-bond donors (Lipinski definition) is 0. The Balaban J connectivity index is 0.000000280. The van der Waals surface area contributed by atoms with Gasteiger partial charge in [-0.2, -0.15) is 0 Å². The second kappa shape index (κ2) is 6.82. The molecular formula is C11H22O3. The van der Waals surface area contributed by atoms with Crippen molar-refractivity contribution < 1.29 is 14.3 Å². The summed E-state index contributed by atoms with van der Waals surface area (Å²) in [6.45, 7) is 10.00. The largest absolute Gasteiger partial charge is 0.465 e. The van der Waals surface area contributed by atoms with Gasteiger partial charge in [-0.25, -0.2) is 0 Å². The number of esters is 1. The molecule has 0 unspecified atom stereocenters. The summed E-state index contributed by atoms with van der Waals surface area (Å²) in [5, 5.41) is 0. The van der Waals surface area contributed by atoms with Crippen LogP contribution in [0.1, 0.15) is 40.5 Å². The topological polar surface area (TPSA) is 35.5 Å². The van der Waals surface area contributed by atoms with E-state index in [9.17, 15) is 4.79 Å². The molecule has 0 aromatic carbocycles. The summed E-state index contributed by atoms with van der Waals surface area (Å²) in [6.07, 6.45) is 2.56. The van der Waals surface area contributed by atoms with Crippen molar-refractivity contribution in [1.82, 2.24) is 0 Å². The van der Waals surface area contributed by atoms with Crippen LogP contribution in [0.15, 0.2) is 0 Å². The SMILES string of the molecule is C1CCOC1.CC(=O)OCC(C)(C)C. The van der Waals surface area contributed by atoms with Gasteiger partial charge in [0.25, 0.3) is 0 Å². The normalized spacial score (nSPS) is 15.7. The van der Waals surface area contributed by atoms with E-state index in [0.717, 1.165) is 13.2 Å². The van der Waals surface area contributed by atoms with E-state index in [1.807, 2.05) is 20.8 Å². The van der Waals surface area contributed by atoms with Crippen LogP contribution in [-0.2, 0) is 14.3 Å². The first-order chi connectivity index (χ1) is 6.42. The molecule has 0 aromatic heterocycles. The van der Waals surface area contributed by atoms with Crippen molar-refractivity contribution in [2.24, 2.45) is 5.41 Å². The summed E-state index contributed by atoms with van der Waals surface area (Å²) in [7, 11) is 0. The van der Waals surface area contributed by atoms with Crippen LogP contribution in [-0.4, -0.2) is 25.8 Å². The van der Waals surface area contributed by atoms with Crippen LogP contribution in [0.2, 0.25) is 0 Å². The molecule has 1 rings (SSSR count). The van der Waals surface area contributed by atoms with Gasteiger partial charge in [-0.3, -0.25) is 4.79 Å². The molecule has 1 fully saturated rings. The first kappa shape index (κ1) is 13.4. The zero-order chi connectivity index (χ0) is 11.0. The molecule has 0 N–H and O–H groups in total. The van der Waals surface area contributed by atoms with Crippen molar-refractivity contribution >= 4 is 5.97 Å². The summed E-state index contributed by atoms with van der Waals surface area (Å²) in [6, 6.07) is 0. The highest BCUT2D eigenvalue weighted by Gasteiger charge is 2.10. The van der Waals surface area contributed by atoms with Crippen molar-refractivity contribution in [2.75, 3.05) is 19.8 Å². The summed E-state index contributed by atoms with van der Waals surface area (Å²) >= 11 is 0. The van der Waals surface area contributed by atoms with Crippen LogP contribution in [0.4, 0.5) is 0 Å². The second-order valence-electron chi connectivity index (χ2n) is 4.66. The van der Waals surface area contributed by atoms with Gasteiger partial charge in [-0.1, -0.05) is 20.8 Å². The molecule has 0 amide bonds. The molecule has 0 radical (unpaired) electrons. The molecule has 14 heavy (non-hydrogen) atoms. The van der Waals surface area contributed by atoms with Crippen LogP contribution >= 0.6 is 0 Å². The molecule has 0 aromatic rings. The monoisotopic (exact) mass is 202 g/mol. The smallest absolute Gasteiger partial charge is 0.302 e. The maximum absolute atomic E-state index is 10.3. The fourth-order valence-electron chi connectivity index (χ4n) is 0.828. The third-order valence-corrected chi connectivity index (χ3v) is 1.54. The van der Waals surface area contributed by atoms with Gasteiger partial charge in [0.05, 0.1) is 6.61 Å². The Morgan fingerprint density at radius 2 is 1.79 bits per heavy atom. The minimum Gasteiger partial charge on any atom is -0.465 e. The molecule has 0 bridgehead atoms. The lowest BCUT2D eigenvalue weighted by Crippen LogP contribution is -2.16. The van der Waals surface area contributed by atoms with Crippen LogP contribution in [0.25, 0.3) is 0 Å². The molecule has 1 aliphatic rings. The summed E-state index contributed by atoms with van der Waals surface area (Å²) in [4.78, 5) is 10.3. The van der Waals surface area contributed by atoms with Gasteiger partial charge < -0.3 is 9.47 Å². The Bertz CT molecular complexity index is 147. The average Bonchev–Trinajstić information content (AvgIpc) is 2.56. The third kappa shape index (κ3) is 11.4. The molecular weight excluding hydrogens is 180 g/mol. The predicted octanol–water partition coefficient (Wildman–Crippen LogP) is 2.39. The molecule has 0 atom stereocenters. The third-order valence-electron chi connectivity index (χ3n) is 1.54. The van der Waals surface area contributed by atoms with E-state index in [1.165, 1.54) is 19.8 Å². The van der Waals surface area contributed by atoms with E-state index < -0.39 is 0 Å². The average molecular weight is 202 g/mol. The van der Waals surface area contributed by atoms with Crippen LogP contribution in [0, 0.1) is 5.41 Å². The Hall–Kier alpha value is -0.570. The lowest BCUT2D eigenvalue weighted by atomic mass is 9.99. The van der Waals surface area contributed by atoms with Crippen molar-refractivity contribution in [3.05, 3.63) is 0 Å². The standard InChI is InChI=1S/C7H14O2.C4H8O/c1-6(8)9-5-7(2,3)4;1-2-4-5-3-1/h5H2,1-4H3;1-4H2. The number of carbonyl (C=O) groups excluding carboxylic acids is 1. The summed E-state index contributed by atoms with van der Waals surface area (Å²) in [5.41, 5.74) is 0.0890. The lowest BCUT2D eigenvalue weighted by Gasteiger charge is -2.16. The van der Waals surface area contributed by atoms with E-state index in [4.69, 9.17) is 9.47 Å². The van der Waals surface area contributed by atoms with Crippen molar-refractivity contribution in [2.45, 2.75) is 40.5 Å². The van der Waals surface area contributed by atoms with Gasteiger partial charge in [0.1, 0.15) is 0 Å². The van der Waals surface area contributed by atoms with E-state index in [1.54, 1.807) is 0 Å². The van der Waals surface area contributed by atoms with Crippen molar-refractivity contribution in [1.29, 1.82) is 0 Å². The van der Waals surface area contributed by atoms with Crippen LogP contribution in [0.3, 0.4) is 0 Å². The van der Waals surface area contributed by atoms with Gasteiger partial charge >= 0.3 is 5.97 Å². The van der Waals surface area contributed by atoms with Crippen molar-refractivity contribution in [3.8, 4) is 0 Å². The minimum absolute atomic E-state index is 0.0890. The molecule has 3 nitrogen and oxygen atoms in total. The number of ether oxygens (including phenoxy) is 2. The number of carbonyl (C=O) groups is 1. The molecule has 0 saturated carbocycles. The second-order valence-corrected chi connectivity index (χ2v) is 4.66. The summed E-state index contributed by atoms with van der Waals surface area (Å²) < 4.78 is 9.71. The minimum atomic E-state index is -0.204. The maximum Gasteiger partial charge on any atom is 0.302 e. The maximum atomic E-state index is 10.3. The highest BCUT2D eigenvalue weighted by Crippen LogP contribution is 2.12. The first-order valence-electron chi connectivity index (χ1n) is 5.13. The first-order valence-corrected chi connectivity index (χ1v) is 5.13. The molecule has 1 saturated heterocycles. The fourth-order valence-corrected chi connectivity index (χ4v) is 0.828. The van der Waals surface area contributed by atoms with Gasteiger partial charge in [0, 0.05) is 20.1 Å². The molecule has 3 heteroatoms. The molecule has 84 valence electrons. The van der Waals surface area contributed by atoms with Crippen LogP contribution in [0.5, 0.6) is 0 Å². The Kier molecular flexibility index (Phi) is 6.54. The molecule has 1 heterocycles. The zero-order valence-corrected chi connectivity index (χ0v) is 9.76. The summed E-state index contributed by atoms with van der Waals surface area (Å²) in [5.74, 6) is -0.204. The van der Waals surface area contributed by atoms with Gasteiger partial charge in [0.2, 0.25) is 0 Å². The van der Waals surface area contributed by atoms with E-state index in [-0.39, 0.29) is 11.4 Å². The predicted molar refractivity (Wildman–Crippen MR) is 56.1 cm³/mol. The van der Waals surface area contributed by atoms with Gasteiger partial charge in [0.15, 0.2) is 0 Å². The Morgan fingerprint density at radius 1 is 1.29 bits per heavy atom. The highest BCUT2D eigenvalue weighted by atomic mass is 16.5. The van der Waals surface area contributed by atoms with Crippen molar-refractivity contribution in [3.63, 3.8) is 0 Å².